The zero-order valence-corrected chi connectivity index (χ0v) is 15.4. The number of hydrogen-bond donors (Lipinski definition) is 2. The molecule has 0 heterocycles. The van der Waals surface area contributed by atoms with Crippen molar-refractivity contribution in [3.05, 3.63) is 0 Å². The smallest absolute Gasteiger partial charge is 0.211 e. The second kappa shape index (κ2) is 11.7. The molecule has 0 aliphatic carbocycles. The number of guanidine groups is 1. The number of nitrogens with one attached hydrogen (secondary N) is 2. The summed E-state index contributed by atoms with van der Waals surface area (Å²) in [4.78, 5) is 6.19. The van der Waals surface area contributed by atoms with Crippen molar-refractivity contribution in [2.45, 2.75) is 26.7 Å². The topological polar surface area (TPSA) is 73.8 Å². The second-order valence-electron chi connectivity index (χ2n) is 4.05. The van der Waals surface area contributed by atoms with Crippen LogP contribution in [0.5, 0.6) is 0 Å². The molecule has 0 aromatic carbocycles. The van der Waals surface area contributed by atoms with Gasteiger partial charge in [0.15, 0.2) is 5.96 Å². The summed E-state index contributed by atoms with van der Waals surface area (Å²) in [6.45, 7) is 5.60. The van der Waals surface area contributed by atoms with E-state index in [1.165, 1.54) is 0 Å². The van der Waals surface area contributed by atoms with E-state index in [0.717, 1.165) is 25.3 Å². The number of rotatable bonds is 8. The van der Waals surface area contributed by atoms with Crippen molar-refractivity contribution in [3.63, 3.8) is 0 Å². The summed E-state index contributed by atoms with van der Waals surface area (Å²) < 4.78 is 24.9. The Morgan fingerprint density at radius 2 is 1.89 bits per heavy atom. The third kappa shape index (κ3) is 10.4. The molecule has 0 aromatic rings. The molecule has 0 amide bonds. The number of halogens is 1. The first kappa shape index (κ1) is 21.2. The maximum atomic E-state index is 11.2. The van der Waals surface area contributed by atoms with E-state index >= 15 is 0 Å². The summed E-state index contributed by atoms with van der Waals surface area (Å²) in [6.07, 6.45) is 2.25. The normalized spacial score (nSPS) is 11.9. The summed E-state index contributed by atoms with van der Waals surface area (Å²) >= 11 is 0. The zero-order chi connectivity index (χ0) is 14.0. The van der Waals surface area contributed by atoms with Crippen LogP contribution in [-0.4, -0.2) is 58.8 Å². The van der Waals surface area contributed by atoms with Crippen molar-refractivity contribution in [1.82, 2.24) is 14.9 Å². The number of nitrogens with zero attached hydrogens (tertiary/aromatic N) is 2. The van der Waals surface area contributed by atoms with Gasteiger partial charge in [-0.1, -0.05) is 13.3 Å². The largest absolute Gasteiger partial charge is 0.355 e. The first-order valence-electron chi connectivity index (χ1n) is 6.36. The van der Waals surface area contributed by atoms with Crippen molar-refractivity contribution in [2.75, 3.05) is 39.5 Å². The van der Waals surface area contributed by atoms with Crippen molar-refractivity contribution in [1.29, 1.82) is 0 Å². The molecule has 0 aliphatic heterocycles. The van der Waals surface area contributed by atoms with Crippen LogP contribution in [0.3, 0.4) is 0 Å². The van der Waals surface area contributed by atoms with Gasteiger partial charge in [0.05, 0.1) is 5.75 Å². The van der Waals surface area contributed by atoms with Gasteiger partial charge in [-0.2, -0.15) is 0 Å². The average molecular weight is 406 g/mol. The van der Waals surface area contributed by atoms with Crippen LogP contribution in [0.4, 0.5) is 0 Å². The van der Waals surface area contributed by atoms with Gasteiger partial charge in [0.1, 0.15) is 0 Å². The highest BCUT2D eigenvalue weighted by molar-refractivity contribution is 14.0. The molecule has 0 saturated carbocycles. The van der Waals surface area contributed by atoms with Gasteiger partial charge in [-0.25, -0.2) is 13.1 Å². The van der Waals surface area contributed by atoms with Crippen LogP contribution in [0.25, 0.3) is 0 Å². The molecule has 0 rings (SSSR count). The first-order chi connectivity index (χ1) is 8.46. The van der Waals surface area contributed by atoms with Gasteiger partial charge in [-0.3, -0.25) is 4.99 Å². The Morgan fingerprint density at radius 1 is 1.26 bits per heavy atom. The van der Waals surface area contributed by atoms with E-state index < -0.39 is 10.0 Å². The molecule has 0 aliphatic rings. The fourth-order valence-corrected chi connectivity index (χ4v) is 1.99. The molecule has 0 aromatic heterocycles. The van der Waals surface area contributed by atoms with Crippen LogP contribution in [0.2, 0.25) is 0 Å². The predicted molar refractivity (Wildman–Crippen MR) is 91.8 cm³/mol. The Morgan fingerprint density at radius 3 is 2.37 bits per heavy atom. The number of unbranched alkanes of at least 4 members (excludes halogenated alkanes) is 1. The van der Waals surface area contributed by atoms with Crippen LogP contribution in [-0.2, 0) is 10.0 Å². The van der Waals surface area contributed by atoms with Gasteiger partial charge in [0, 0.05) is 33.7 Å². The van der Waals surface area contributed by atoms with Crippen molar-refractivity contribution in [3.8, 4) is 0 Å². The van der Waals surface area contributed by atoms with E-state index in [9.17, 15) is 8.42 Å². The Labute approximate surface area is 134 Å². The molecule has 19 heavy (non-hydrogen) atoms. The molecule has 0 spiro atoms. The van der Waals surface area contributed by atoms with E-state index in [0.29, 0.717) is 13.1 Å². The molecule has 0 radical (unpaired) electrons. The summed E-state index contributed by atoms with van der Waals surface area (Å²) in [7, 11) is 0.595. The average Bonchev–Trinajstić information content (AvgIpc) is 2.36. The molecule has 116 valence electrons. The standard InChI is InChI=1S/C11H26N4O2S.HI/c1-5-7-10-15(4)11(12-3)13-8-9-14-18(16,17)6-2;/h14H,5-10H2,1-4H3,(H,12,13);1H. The van der Waals surface area contributed by atoms with E-state index in [-0.39, 0.29) is 29.7 Å². The van der Waals surface area contributed by atoms with Gasteiger partial charge >= 0.3 is 0 Å². The van der Waals surface area contributed by atoms with E-state index in [1.807, 2.05) is 11.9 Å². The van der Waals surface area contributed by atoms with Crippen molar-refractivity contribution < 1.29 is 8.42 Å². The number of aliphatic imine (C=N–C) groups is 1. The molecule has 8 heteroatoms. The van der Waals surface area contributed by atoms with Crippen molar-refractivity contribution in [2.24, 2.45) is 4.99 Å². The van der Waals surface area contributed by atoms with Gasteiger partial charge in [0.25, 0.3) is 0 Å². The van der Waals surface area contributed by atoms with Gasteiger partial charge < -0.3 is 10.2 Å². The molecule has 0 bridgehead atoms. The van der Waals surface area contributed by atoms with Crippen LogP contribution >= 0.6 is 24.0 Å². The zero-order valence-electron chi connectivity index (χ0n) is 12.3. The molecule has 2 N–H and O–H groups in total. The number of hydrogen-bond acceptors (Lipinski definition) is 3. The second-order valence-corrected chi connectivity index (χ2v) is 6.14. The SMILES string of the molecule is CCCCN(C)C(=NC)NCCNS(=O)(=O)CC.I. The van der Waals surface area contributed by atoms with E-state index in [1.54, 1.807) is 14.0 Å². The molecule has 0 atom stereocenters. The van der Waals surface area contributed by atoms with Crippen LogP contribution in [0, 0.1) is 0 Å². The minimum absolute atomic E-state index is 0. The van der Waals surface area contributed by atoms with Gasteiger partial charge in [-0.05, 0) is 13.3 Å². The third-order valence-corrected chi connectivity index (χ3v) is 3.93. The fraction of sp³-hybridized carbons (Fsp3) is 0.909. The van der Waals surface area contributed by atoms with E-state index in [2.05, 4.69) is 22.0 Å². The van der Waals surface area contributed by atoms with Crippen molar-refractivity contribution >= 4 is 40.0 Å². The van der Waals surface area contributed by atoms with Crippen LogP contribution in [0.15, 0.2) is 4.99 Å². The highest BCUT2D eigenvalue weighted by atomic mass is 127. The summed E-state index contributed by atoms with van der Waals surface area (Å²) in [6, 6.07) is 0. The Hall–Kier alpha value is -0.0900. The lowest BCUT2D eigenvalue weighted by atomic mass is 10.3. The maximum absolute atomic E-state index is 11.2. The maximum Gasteiger partial charge on any atom is 0.211 e. The molecule has 0 saturated heterocycles. The predicted octanol–water partition coefficient (Wildman–Crippen LogP) is 0.851. The quantitative estimate of drug-likeness (QED) is 0.271. The molecule has 0 unspecified atom stereocenters. The number of sulfonamides is 1. The van der Waals surface area contributed by atoms with Crippen LogP contribution in [0.1, 0.15) is 26.7 Å². The Kier molecular flexibility index (Phi) is 13.1. The third-order valence-electron chi connectivity index (χ3n) is 2.53. The highest BCUT2D eigenvalue weighted by Gasteiger charge is 2.06. The highest BCUT2D eigenvalue weighted by Crippen LogP contribution is 1.92. The Bertz CT molecular complexity index is 347. The summed E-state index contributed by atoms with van der Waals surface area (Å²) in [5.41, 5.74) is 0. The Balaban J connectivity index is 0. The molecular weight excluding hydrogens is 379 g/mol. The molecule has 0 fully saturated rings. The first-order valence-corrected chi connectivity index (χ1v) is 8.01. The fourth-order valence-electron chi connectivity index (χ4n) is 1.37. The monoisotopic (exact) mass is 406 g/mol. The lowest BCUT2D eigenvalue weighted by Gasteiger charge is -2.21. The lowest BCUT2D eigenvalue weighted by molar-refractivity contribution is 0.465. The molecule has 6 nitrogen and oxygen atoms in total. The summed E-state index contributed by atoms with van der Waals surface area (Å²) in [5, 5.41) is 3.12. The van der Waals surface area contributed by atoms with Crippen LogP contribution < -0.4 is 10.0 Å². The minimum Gasteiger partial charge on any atom is -0.355 e. The summed E-state index contributed by atoms with van der Waals surface area (Å²) in [5.74, 6) is 0.900. The molecular formula is C11H27IN4O2S. The van der Waals surface area contributed by atoms with Gasteiger partial charge in [0.2, 0.25) is 10.0 Å². The minimum atomic E-state index is -3.10. The lowest BCUT2D eigenvalue weighted by Crippen LogP contribution is -2.42. The van der Waals surface area contributed by atoms with E-state index in [4.69, 9.17) is 0 Å². The van der Waals surface area contributed by atoms with Gasteiger partial charge in [-0.15, -0.1) is 24.0 Å².